The zero-order chi connectivity index (χ0) is 40.8. The van der Waals surface area contributed by atoms with Gasteiger partial charge in [0, 0.05) is 19.3 Å². The molecule has 56 heavy (non-hydrogen) atoms. The number of rotatable bonds is 44. The Balaban J connectivity index is 4.23. The van der Waals surface area contributed by atoms with Gasteiger partial charge >= 0.3 is 17.9 Å². The number of carbonyl (C=O) groups excluding carboxylic acids is 3. The van der Waals surface area contributed by atoms with Gasteiger partial charge in [0.05, 0.1) is 0 Å². The molecule has 1 unspecified atom stereocenters. The van der Waals surface area contributed by atoms with Crippen LogP contribution in [0.5, 0.6) is 0 Å². The van der Waals surface area contributed by atoms with E-state index in [0.29, 0.717) is 19.3 Å². The van der Waals surface area contributed by atoms with Crippen LogP contribution in [0.3, 0.4) is 0 Å². The molecule has 0 aromatic rings. The van der Waals surface area contributed by atoms with Gasteiger partial charge in [0.15, 0.2) is 6.10 Å². The van der Waals surface area contributed by atoms with E-state index in [4.69, 9.17) is 14.2 Å². The van der Waals surface area contributed by atoms with E-state index in [0.717, 1.165) is 77.0 Å². The Labute approximate surface area is 347 Å². The molecular weight excluding hydrogens is 697 g/mol. The van der Waals surface area contributed by atoms with Crippen LogP contribution in [0, 0.1) is 0 Å². The van der Waals surface area contributed by atoms with Crippen LogP contribution in [0.15, 0.2) is 24.3 Å². The molecule has 0 heterocycles. The third-order valence-corrected chi connectivity index (χ3v) is 10.7. The zero-order valence-electron chi connectivity index (χ0n) is 37.4. The van der Waals surface area contributed by atoms with Crippen molar-refractivity contribution < 1.29 is 28.6 Å². The molecule has 0 saturated carbocycles. The molecule has 6 nitrogen and oxygen atoms in total. The Morgan fingerprint density at radius 2 is 0.625 bits per heavy atom. The van der Waals surface area contributed by atoms with E-state index in [1.807, 2.05) is 0 Å². The van der Waals surface area contributed by atoms with Gasteiger partial charge in [0.2, 0.25) is 0 Å². The predicted octanol–water partition coefficient (Wildman–Crippen LogP) is 15.6. The summed E-state index contributed by atoms with van der Waals surface area (Å²) in [5.41, 5.74) is 0. The highest BCUT2D eigenvalue weighted by Crippen LogP contribution is 2.15. The minimum atomic E-state index is -0.769. The molecule has 0 N–H and O–H groups in total. The van der Waals surface area contributed by atoms with Crippen molar-refractivity contribution in [2.24, 2.45) is 0 Å². The fourth-order valence-corrected chi connectivity index (χ4v) is 6.97. The van der Waals surface area contributed by atoms with Gasteiger partial charge in [-0.3, -0.25) is 14.4 Å². The lowest BCUT2D eigenvalue weighted by Crippen LogP contribution is -2.30. The Kier molecular flexibility index (Phi) is 43.9. The molecule has 0 aromatic carbocycles. The van der Waals surface area contributed by atoms with Crippen molar-refractivity contribution in [1.82, 2.24) is 0 Å². The molecule has 1 atom stereocenters. The third-order valence-electron chi connectivity index (χ3n) is 10.7. The lowest BCUT2D eigenvalue weighted by atomic mass is 10.1. The molecule has 0 amide bonds. The number of unbranched alkanes of at least 4 members (excludes halogenated alkanes) is 29. The molecule has 0 saturated heterocycles. The predicted molar refractivity (Wildman–Crippen MR) is 238 cm³/mol. The molecule has 0 aromatic heterocycles. The minimum Gasteiger partial charge on any atom is -0.462 e. The van der Waals surface area contributed by atoms with Crippen LogP contribution in [0.1, 0.15) is 258 Å². The van der Waals surface area contributed by atoms with Gasteiger partial charge in [-0.1, -0.05) is 199 Å². The van der Waals surface area contributed by atoms with Gasteiger partial charge in [0.25, 0.3) is 0 Å². The fourth-order valence-electron chi connectivity index (χ4n) is 6.97. The zero-order valence-corrected chi connectivity index (χ0v) is 37.4. The molecular formula is C50H92O6. The fraction of sp³-hybridized carbons (Fsp3) is 0.860. The summed E-state index contributed by atoms with van der Waals surface area (Å²) in [5, 5.41) is 0. The summed E-state index contributed by atoms with van der Waals surface area (Å²) >= 11 is 0. The Morgan fingerprint density at radius 1 is 0.339 bits per heavy atom. The quantitative estimate of drug-likeness (QED) is 0.0265. The summed E-state index contributed by atoms with van der Waals surface area (Å²) < 4.78 is 16.7. The summed E-state index contributed by atoms with van der Waals surface area (Å²) in [7, 11) is 0. The van der Waals surface area contributed by atoms with Crippen LogP contribution in [-0.2, 0) is 28.6 Å². The molecule has 0 aliphatic rings. The standard InChI is InChI=1S/C50H92O6/c1-4-7-10-13-16-19-21-22-23-24-25-26-27-28-29-32-34-37-40-43-49(52)55-46-47(45-54-48(51)42-39-36-33-30-18-15-12-9-6-3)56-50(53)44-41-38-35-31-20-17-14-11-8-5-2/h11,14,22-23,47H,4-10,12-13,15-21,24-46H2,1-3H3/b14-11-,23-22-. The molecule has 0 rings (SSSR count). The maximum Gasteiger partial charge on any atom is 0.306 e. The summed E-state index contributed by atoms with van der Waals surface area (Å²) in [5.74, 6) is -0.882. The van der Waals surface area contributed by atoms with Crippen LogP contribution in [0.25, 0.3) is 0 Å². The van der Waals surface area contributed by atoms with Crippen LogP contribution < -0.4 is 0 Å². The first-order valence-electron chi connectivity index (χ1n) is 24.3. The molecule has 0 radical (unpaired) electrons. The summed E-state index contributed by atoms with van der Waals surface area (Å²) in [4.78, 5) is 37.7. The largest absolute Gasteiger partial charge is 0.462 e. The van der Waals surface area contributed by atoms with Gasteiger partial charge < -0.3 is 14.2 Å². The smallest absolute Gasteiger partial charge is 0.306 e. The molecule has 6 heteroatoms. The first kappa shape index (κ1) is 53.9. The maximum absolute atomic E-state index is 12.7. The minimum absolute atomic E-state index is 0.0726. The average Bonchev–Trinajstić information content (AvgIpc) is 3.19. The topological polar surface area (TPSA) is 78.9 Å². The van der Waals surface area contributed by atoms with Gasteiger partial charge in [-0.25, -0.2) is 0 Å². The maximum atomic E-state index is 12.7. The number of carbonyl (C=O) groups is 3. The third kappa shape index (κ3) is 43.0. The SMILES string of the molecule is CCC/C=C\CCCCCCCC(=O)OC(COC(=O)CCCCCCCCCCC)COC(=O)CCCCCCCCCCC/C=C\CCCCCCCC. The van der Waals surface area contributed by atoms with Crippen molar-refractivity contribution in [1.29, 1.82) is 0 Å². The highest BCUT2D eigenvalue weighted by atomic mass is 16.6. The number of ether oxygens (including phenoxy) is 3. The van der Waals surface area contributed by atoms with E-state index < -0.39 is 6.10 Å². The second-order valence-corrected chi connectivity index (χ2v) is 16.4. The van der Waals surface area contributed by atoms with Crippen LogP contribution in [0.4, 0.5) is 0 Å². The Bertz CT molecular complexity index is 911. The lowest BCUT2D eigenvalue weighted by Gasteiger charge is -2.18. The summed E-state index contributed by atoms with van der Waals surface area (Å²) in [6, 6.07) is 0. The second kappa shape index (κ2) is 45.6. The van der Waals surface area contributed by atoms with E-state index in [1.165, 1.54) is 141 Å². The average molecular weight is 789 g/mol. The van der Waals surface area contributed by atoms with Crippen molar-refractivity contribution in [3.8, 4) is 0 Å². The van der Waals surface area contributed by atoms with E-state index in [-0.39, 0.29) is 31.1 Å². The van der Waals surface area contributed by atoms with Crippen LogP contribution in [0.2, 0.25) is 0 Å². The summed E-state index contributed by atoms with van der Waals surface area (Å²) in [6.07, 6.45) is 50.3. The number of allylic oxidation sites excluding steroid dienone is 4. The van der Waals surface area contributed by atoms with Gasteiger partial charge in [0.1, 0.15) is 13.2 Å². The Morgan fingerprint density at radius 3 is 0.964 bits per heavy atom. The normalized spacial score (nSPS) is 12.1. The molecule has 0 bridgehead atoms. The number of hydrogen-bond donors (Lipinski definition) is 0. The van der Waals surface area contributed by atoms with E-state index in [2.05, 4.69) is 45.1 Å². The van der Waals surface area contributed by atoms with Gasteiger partial charge in [-0.2, -0.15) is 0 Å². The highest BCUT2D eigenvalue weighted by Gasteiger charge is 2.19. The van der Waals surface area contributed by atoms with E-state index >= 15 is 0 Å². The van der Waals surface area contributed by atoms with E-state index in [9.17, 15) is 14.4 Å². The monoisotopic (exact) mass is 789 g/mol. The summed E-state index contributed by atoms with van der Waals surface area (Å²) in [6.45, 7) is 6.55. The second-order valence-electron chi connectivity index (χ2n) is 16.4. The molecule has 328 valence electrons. The first-order chi connectivity index (χ1) is 27.5. The number of hydrogen-bond acceptors (Lipinski definition) is 6. The number of esters is 3. The van der Waals surface area contributed by atoms with Crippen molar-refractivity contribution in [3.05, 3.63) is 24.3 Å². The highest BCUT2D eigenvalue weighted by molar-refractivity contribution is 5.71. The molecule has 0 spiro atoms. The molecule has 0 fully saturated rings. The van der Waals surface area contributed by atoms with Crippen molar-refractivity contribution in [3.63, 3.8) is 0 Å². The lowest BCUT2D eigenvalue weighted by molar-refractivity contribution is -0.167. The van der Waals surface area contributed by atoms with Gasteiger partial charge in [-0.05, 0) is 64.2 Å². The van der Waals surface area contributed by atoms with Gasteiger partial charge in [-0.15, -0.1) is 0 Å². The molecule has 0 aliphatic carbocycles. The van der Waals surface area contributed by atoms with Crippen LogP contribution >= 0.6 is 0 Å². The Hall–Kier alpha value is -2.11. The van der Waals surface area contributed by atoms with Crippen molar-refractivity contribution >= 4 is 17.9 Å². The van der Waals surface area contributed by atoms with Crippen molar-refractivity contribution in [2.75, 3.05) is 13.2 Å². The van der Waals surface area contributed by atoms with Crippen molar-refractivity contribution in [2.45, 2.75) is 264 Å². The van der Waals surface area contributed by atoms with E-state index in [1.54, 1.807) is 0 Å². The molecule has 0 aliphatic heterocycles. The van der Waals surface area contributed by atoms with Crippen LogP contribution in [-0.4, -0.2) is 37.2 Å². The first-order valence-corrected chi connectivity index (χ1v) is 24.3.